The normalized spacial score (nSPS) is 14.6. The van der Waals surface area contributed by atoms with E-state index in [-0.39, 0.29) is 0 Å². The van der Waals surface area contributed by atoms with Gasteiger partial charge in [-0.05, 0) is 42.9 Å². The van der Waals surface area contributed by atoms with Gasteiger partial charge in [0.05, 0.1) is 6.54 Å². The van der Waals surface area contributed by atoms with Crippen molar-refractivity contribution in [1.82, 2.24) is 14.8 Å². The van der Waals surface area contributed by atoms with Crippen LogP contribution in [0.3, 0.4) is 0 Å². The molecule has 0 atom stereocenters. The van der Waals surface area contributed by atoms with E-state index >= 15 is 0 Å². The quantitative estimate of drug-likeness (QED) is 0.655. The molecule has 0 saturated heterocycles. The van der Waals surface area contributed by atoms with Gasteiger partial charge in [0.1, 0.15) is 12.2 Å². The van der Waals surface area contributed by atoms with Gasteiger partial charge in [-0.2, -0.15) is 0 Å². The lowest BCUT2D eigenvalue weighted by atomic mass is 9.90. The minimum Gasteiger partial charge on any atom is -0.370 e. The Bertz CT molecular complexity index is 688. The number of hydrogen-bond donors (Lipinski definition) is 2. The highest BCUT2D eigenvalue weighted by molar-refractivity contribution is 5.93. The summed E-state index contributed by atoms with van der Waals surface area (Å²) < 4.78 is 2.02. The van der Waals surface area contributed by atoms with Crippen molar-refractivity contribution >= 4 is 11.6 Å². The van der Waals surface area contributed by atoms with Crippen LogP contribution in [0.5, 0.6) is 0 Å². The number of guanidine groups is 1. The fraction of sp³-hybridized carbons (Fsp3) is 0.471. The summed E-state index contributed by atoms with van der Waals surface area (Å²) in [5, 5.41) is 11.3. The second-order valence-corrected chi connectivity index (χ2v) is 5.84. The molecule has 0 spiro atoms. The Morgan fingerprint density at radius 2 is 2.22 bits per heavy atom. The number of benzene rings is 1. The van der Waals surface area contributed by atoms with Gasteiger partial charge < -0.3 is 15.6 Å². The average molecular weight is 312 g/mol. The zero-order valence-corrected chi connectivity index (χ0v) is 13.6. The van der Waals surface area contributed by atoms with Gasteiger partial charge in [-0.3, -0.25) is 4.99 Å². The number of aromatic nitrogens is 3. The van der Waals surface area contributed by atoms with E-state index < -0.39 is 0 Å². The summed E-state index contributed by atoms with van der Waals surface area (Å²) in [6.45, 7) is 3.42. The first-order chi connectivity index (χ1) is 11.3. The van der Waals surface area contributed by atoms with E-state index in [4.69, 9.17) is 5.73 Å². The Balaban J connectivity index is 1.62. The molecule has 122 valence electrons. The summed E-state index contributed by atoms with van der Waals surface area (Å²) in [6, 6.07) is 6.39. The number of anilines is 1. The molecule has 1 heterocycles. The van der Waals surface area contributed by atoms with E-state index in [1.165, 1.54) is 24.0 Å². The van der Waals surface area contributed by atoms with E-state index in [9.17, 15) is 0 Å². The highest BCUT2D eigenvalue weighted by Gasteiger charge is 2.13. The molecule has 1 aromatic carbocycles. The van der Waals surface area contributed by atoms with Crippen molar-refractivity contribution in [3.63, 3.8) is 0 Å². The molecule has 23 heavy (non-hydrogen) atoms. The zero-order valence-electron chi connectivity index (χ0n) is 13.6. The van der Waals surface area contributed by atoms with Gasteiger partial charge in [-0.15, -0.1) is 10.2 Å². The summed E-state index contributed by atoms with van der Waals surface area (Å²) in [4.78, 5) is 4.43. The van der Waals surface area contributed by atoms with E-state index in [2.05, 4.69) is 45.6 Å². The first-order valence-corrected chi connectivity index (χ1v) is 8.32. The Morgan fingerprint density at radius 1 is 1.35 bits per heavy atom. The third kappa shape index (κ3) is 3.70. The smallest absolute Gasteiger partial charge is 0.193 e. The van der Waals surface area contributed by atoms with Gasteiger partial charge >= 0.3 is 0 Å². The van der Waals surface area contributed by atoms with Crippen molar-refractivity contribution in [3.8, 4) is 0 Å². The molecule has 0 amide bonds. The molecule has 0 radical (unpaired) electrons. The van der Waals surface area contributed by atoms with Gasteiger partial charge in [-0.25, -0.2) is 0 Å². The van der Waals surface area contributed by atoms with Crippen molar-refractivity contribution in [2.45, 2.75) is 45.6 Å². The molecule has 1 aromatic heterocycles. The Labute approximate surface area is 136 Å². The second kappa shape index (κ2) is 7.26. The molecule has 0 saturated carbocycles. The van der Waals surface area contributed by atoms with Crippen LogP contribution < -0.4 is 11.1 Å². The summed E-state index contributed by atoms with van der Waals surface area (Å²) in [6.07, 6.45) is 7.41. The maximum absolute atomic E-state index is 6.05. The molecule has 0 bridgehead atoms. The standard InChI is InChI=1S/C17H24N6/c1-2-16-22-20-12-23(16)11-10-19-17(18)21-15-9-5-7-13-6-3-4-8-14(13)15/h5,7,9,12H,2-4,6,8,10-11H2,1H3,(H3,18,19,21). The molecule has 2 aromatic rings. The van der Waals surface area contributed by atoms with Crippen LogP contribution >= 0.6 is 0 Å². The largest absolute Gasteiger partial charge is 0.370 e. The topological polar surface area (TPSA) is 81.1 Å². The lowest BCUT2D eigenvalue weighted by molar-refractivity contribution is 0.666. The summed E-state index contributed by atoms with van der Waals surface area (Å²) in [5.41, 5.74) is 9.98. The van der Waals surface area contributed by atoms with Crippen LogP contribution in [0.4, 0.5) is 5.69 Å². The first-order valence-electron chi connectivity index (χ1n) is 8.32. The first kappa shape index (κ1) is 15.5. The molecule has 6 heteroatoms. The molecule has 0 unspecified atom stereocenters. The van der Waals surface area contributed by atoms with E-state index in [1.807, 2.05) is 4.57 Å². The number of fused-ring (bicyclic) bond motifs is 1. The number of nitrogens with zero attached hydrogens (tertiary/aromatic N) is 4. The van der Waals surface area contributed by atoms with Crippen LogP contribution in [-0.4, -0.2) is 27.3 Å². The second-order valence-electron chi connectivity index (χ2n) is 5.84. The lowest BCUT2D eigenvalue weighted by Crippen LogP contribution is -2.24. The van der Waals surface area contributed by atoms with Crippen molar-refractivity contribution < 1.29 is 0 Å². The molecule has 1 aliphatic carbocycles. The van der Waals surface area contributed by atoms with E-state index in [1.54, 1.807) is 6.33 Å². The lowest BCUT2D eigenvalue weighted by Gasteiger charge is -2.19. The van der Waals surface area contributed by atoms with Gasteiger partial charge in [0.25, 0.3) is 0 Å². The Hall–Kier alpha value is -2.37. The molecule has 0 aliphatic heterocycles. The molecule has 3 N–H and O–H groups in total. The monoisotopic (exact) mass is 312 g/mol. The Morgan fingerprint density at radius 3 is 3.09 bits per heavy atom. The number of rotatable bonds is 5. The predicted molar refractivity (Wildman–Crippen MR) is 92.6 cm³/mol. The molecule has 1 aliphatic rings. The average Bonchev–Trinajstić information content (AvgIpc) is 3.03. The molecular weight excluding hydrogens is 288 g/mol. The van der Waals surface area contributed by atoms with Gasteiger partial charge in [0.2, 0.25) is 0 Å². The van der Waals surface area contributed by atoms with Crippen molar-refractivity contribution in [2.75, 3.05) is 11.9 Å². The SMILES string of the molecule is CCc1nncn1CCN=C(N)Nc1cccc2c1CCCC2. The number of hydrogen-bond acceptors (Lipinski definition) is 3. The number of aliphatic imine (C=N–C) groups is 1. The Kier molecular flexibility index (Phi) is 4.90. The van der Waals surface area contributed by atoms with Crippen LogP contribution in [-0.2, 0) is 25.8 Å². The number of aryl methyl sites for hydroxylation is 2. The van der Waals surface area contributed by atoms with Crippen molar-refractivity contribution in [1.29, 1.82) is 0 Å². The summed E-state index contributed by atoms with van der Waals surface area (Å²) in [7, 11) is 0. The summed E-state index contributed by atoms with van der Waals surface area (Å²) in [5.74, 6) is 1.44. The minimum absolute atomic E-state index is 0.468. The van der Waals surface area contributed by atoms with Gasteiger partial charge in [0, 0.05) is 18.7 Å². The van der Waals surface area contributed by atoms with Gasteiger partial charge in [-0.1, -0.05) is 19.1 Å². The highest BCUT2D eigenvalue weighted by Crippen LogP contribution is 2.27. The molecule has 6 nitrogen and oxygen atoms in total. The van der Waals surface area contributed by atoms with E-state index in [0.29, 0.717) is 12.5 Å². The van der Waals surface area contributed by atoms with Crippen molar-refractivity contribution in [3.05, 3.63) is 41.5 Å². The molecule has 3 rings (SSSR count). The van der Waals surface area contributed by atoms with Gasteiger partial charge in [0.15, 0.2) is 5.96 Å². The third-order valence-electron chi connectivity index (χ3n) is 4.29. The predicted octanol–water partition coefficient (Wildman–Crippen LogP) is 2.15. The fourth-order valence-electron chi connectivity index (χ4n) is 3.09. The summed E-state index contributed by atoms with van der Waals surface area (Å²) >= 11 is 0. The van der Waals surface area contributed by atoms with Crippen molar-refractivity contribution in [2.24, 2.45) is 10.7 Å². The highest BCUT2D eigenvalue weighted by atomic mass is 15.3. The van der Waals surface area contributed by atoms with Crippen LogP contribution in [0.2, 0.25) is 0 Å². The maximum atomic E-state index is 6.05. The van der Waals surface area contributed by atoms with Crippen LogP contribution in [0, 0.1) is 0 Å². The maximum Gasteiger partial charge on any atom is 0.193 e. The third-order valence-corrected chi connectivity index (χ3v) is 4.29. The number of nitrogens with two attached hydrogens (primary N) is 1. The fourth-order valence-corrected chi connectivity index (χ4v) is 3.09. The van der Waals surface area contributed by atoms with Crippen LogP contribution in [0.1, 0.15) is 36.7 Å². The van der Waals surface area contributed by atoms with Crippen LogP contribution in [0.15, 0.2) is 29.5 Å². The molecular formula is C17H24N6. The van der Waals surface area contributed by atoms with E-state index in [0.717, 1.165) is 37.3 Å². The molecule has 0 fully saturated rings. The number of nitrogens with one attached hydrogen (secondary N) is 1. The van der Waals surface area contributed by atoms with Crippen LogP contribution in [0.25, 0.3) is 0 Å². The minimum atomic E-state index is 0.468. The zero-order chi connectivity index (χ0) is 16.1.